The number of benzene rings is 4. The summed E-state index contributed by atoms with van der Waals surface area (Å²) in [5, 5.41) is 0.476. The molecule has 2 heterocycles. The van der Waals surface area contributed by atoms with Crippen LogP contribution < -0.4 is 0 Å². The van der Waals surface area contributed by atoms with E-state index < -0.39 is 29.9 Å². The second kappa shape index (κ2) is 9.75. The van der Waals surface area contributed by atoms with Crippen molar-refractivity contribution in [3.8, 4) is 11.1 Å². The maximum atomic E-state index is 13.6. The second-order valence-corrected chi connectivity index (χ2v) is 10.3. The predicted octanol–water partition coefficient (Wildman–Crippen LogP) is 5.12. The van der Waals surface area contributed by atoms with Crippen LogP contribution in [0.2, 0.25) is 0 Å². The average Bonchev–Trinajstić information content (AvgIpc) is 3.46. The molecule has 2 aliphatic heterocycles. The molecule has 0 saturated heterocycles. The van der Waals surface area contributed by atoms with E-state index in [1.165, 1.54) is 17.0 Å². The molecule has 0 saturated carbocycles. The van der Waals surface area contributed by atoms with E-state index in [4.69, 9.17) is 9.57 Å². The van der Waals surface area contributed by atoms with Gasteiger partial charge < -0.3 is 9.57 Å². The van der Waals surface area contributed by atoms with Crippen LogP contribution in [0.1, 0.15) is 48.9 Å². The van der Waals surface area contributed by atoms with E-state index in [9.17, 15) is 19.2 Å². The quantitative estimate of drug-likeness (QED) is 0.331. The molecule has 3 aliphatic rings. The first kappa shape index (κ1) is 24.8. The largest absolute Gasteiger partial charge is 0.448 e. The topological polar surface area (TPSA) is 93.2 Å². The van der Waals surface area contributed by atoms with Crippen LogP contribution in [0.25, 0.3) is 11.1 Å². The lowest BCUT2D eigenvalue weighted by atomic mass is 9.94. The van der Waals surface area contributed by atoms with Gasteiger partial charge in [0.05, 0.1) is 17.7 Å². The Morgan fingerprint density at radius 1 is 0.683 bits per heavy atom. The molecule has 0 fully saturated rings. The van der Waals surface area contributed by atoms with E-state index in [2.05, 4.69) is 12.1 Å². The summed E-state index contributed by atoms with van der Waals surface area (Å²) >= 11 is 0. The Morgan fingerprint density at radius 3 is 1.80 bits per heavy atom. The first-order valence-electron chi connectivity index (χ1n) is 13.4. The first-order valence-corrected chi connectivity index (χ1v) is 13.4. The van der Waals surface area contributed by atoms with Gasteiger partial charge in [0.25, 0.3) is 11.8 Å². The molecule has 0 bridgehead atoms. The van der Waals surface area contributed by atoms with Crippen molar-refractivity contribution in [2.45, 2.75) is 24.9 Å². The van der Waals surface area contributed by atoms with E-state index >= 15 is 0 Å². The minimum atomic E-state index is -1.09. The minimum Gasteiger partial charge on any atom is -0.448 e. The number of rotatable bonds is 4. The van der Waals surface area contributed by atoms with Crippen molar-refractivity contribution in [2.75, 3.05) is 6.61 Å². The molecule has 0 unspecified atom stereocenters. The minimum absolute atomic E-state index is 0.0885. The summed E-state index contributed by atoms with van der Waals surface area (Å²) in [5.74, 6) is -2.47. The normalized spacial score (nSPS) is 17.0. The molecule has 0 N–H and O–H groups in total. The van der Waals surface area contributed by atoms with Crippen LogP contribution in [-0.2, 0) is 27.3 Å². The standard InChI is InChI=1S/C33H24N2O6/c36-30-26-15-7-8-16-27(26)31(37)35(30)41-32(38)29-17-20-9-1-2-10-21(20)18-34(29)33(39)40-19-28-24-13-5-3-11-22(24)23-12-4-6-14-25(23)28/h1-16,28-29H,17-19H2/t29-/m0/s1. The number of amides is 3. The highest BCUT2D eigenvalue weighted by Crippen LogP contribution is 2.44. The molecule has 41 heavy (non-hydrogen) atoms. The van der Waals surface area contributed by atoms with Crippen LogP contribution in [0.4, 0.5) is 4.79 Å². The Balaban J connectivity index is 1.13. The maximum Gasteiger partial charge on any atom is 0.410 e. The van der Waals surface area contributed by atoms with Gasteiger partial charge in [0.1, 0.15) is 12.6 Å². The van der Waals surface area contributed by atoms with Crippen molar-refractivity contribution in [2.24, 2.45) is 0 Å². The molecule has 4 aromatic carbocycles. The van der Waals surface area contributed by atoms with E-state index in [0.717, 1.165) is 33.4 Å². The molecule has 202 valence electrons. The summed E-state index contributed by atoms with van der Waals surface area (Å²) in [5.41, 5.74) is 6.45. The van der Waals surface area contributed by atoms with Crippen LogP contribution in [-0.4, -0.2) is 46.5 Å². The number of imide groups is 1. The molecular weight excluding hydrogens is 520 g/mol. The number of hydrogen-bond acceptors (Lipinski definition) is 6. The smallest absolute Gasteiger partial charge is 0.410 e. The van der Waals surface area contributed by atoms with Crippen LogP contribution >= 0.6 is 0 Å². The zero-order chi connectivity index (χ0) is 28.1. The molecular formula is C33H24N2O6. The van der Waals surface area contributed by atoms with E-state index in [1.54, 1.807) is 12.1 Å². The zero-order valence-electron chi connectivity index (χ0n) is 21.9. The average molecular weight is 545 g/mol. The molecule has 0 spiro atoms. The third-order valence-electron chi connectivity index (χ3n) is 8.03. The monoisotopic (exact) mass is 544 g/mol. The Morgan fingerprint density at radius 2 is 1.20 bits per heavy atom. The maximum absolute atomic E-state index is 13.6. The molecule has 0 radical (unpaired) electrons. The fourth-order valence-corrected chi connectivity index (χ4v) is 6.00. The summed E-state index contributed by atoms with van der Waals surface area (Å²) in [6.45, 7) is 0.208. The molecule has 0 aromatic heterocycles. The summed E-state index contributed by atoms with van der Waals surface area (Å²) in [6, 6.07) is 28.8. The van der Waals surface area contributed by atoms with Gasteiger partial charge in [-0.05, 0) is 45.5 Å². The van der Waals surface area contributed by atoms with Crippen molar-refractivity contribution < 1.29 is 28.8 Å². The van der Waals surface area contributed by atoms with E-state index in [-0.39, 0.29) is 36.6 Å². The lowest BCUT2D eigenvalue weighted by molar-refractivity contribution is -0.175. The van der Waals surface area contributed by atoms with Crippen LogP contribution in [0.15, 0.2) is 97.1 Å². The van der Waals surface area contributed by atoms with Crippen LogP contribution in [0.5, 0.6) is 0 Å². The number of carbonyl (C=O) groups is 4. The van der Waals surface area contributed by atoms with Crippen molar-refractivity contribution in [3.05, 3.63) is 130 Å². The number of fused-ring (bicyclic) bond motifs is 5. The van der Waals surface area contributed by atoms with E-state index in [1.807, 2.05) is 60.7 Å². The number of hydrogen-bond donors (Lipinski definition) is 0. The van der Waals surface area contributed by atoms with Crippen molar-refractivity contribution in [1.82, 2.24) is 9.96 Å². The molecule has 1 aliphatic carbocycles. The fourth-order valence-electron chi connectivity index (χ4n) is 6.00. The van der Waals surface area contributed by atoms with Crippen LogP contribution in [0.3, 0.4) is 0 Å². The lowest BCUT2D eigenvalue weighted by Crippen LogP contribution is -2.51. The van der Waals surface area contributed by atoms with Gasteiger partial charge in [-0.25, -0.2) is 9.59 Å². The highest BCUT2D eigenvalue weighted by atomic mass is 16.7. The lowest BCUT2D eigenvalue weighted by Gasteiger charge is -2.35. The molecule has 3 amide bonds. The third-order valence-corrected chi connectivity index (χ3v) is 8.03. The van der Waals surface area contributed by atoms with Gasteiger partial charge in [0, 0.05) is 12.3 Å². The molecule has 4 aromatic rings. The third kappa shape index (κ3) is 4.07. The predicted molar refractivity (Wildman–Crippen MR) is 148 cm³/mol. The fraction of sp³-hybridized carbons (Fsp3) is 0.152. The van der Waals surface area contributed by atoms with Gasteiger partial charge in [-0.2, -0.15) is 0 Å². The molecule has 7 rings (SSSR count). The number of carbonyl (C=O) groups excluding carboxylic acids is 4. The van der Waals surface area contributed by atoms with Gasteiger partial charge >= 0.3 is 12.1 Å². The zero-order valence-corrected chi connectivity index (χ0v) is 21.9. The number of ether oxygens (including phenoxy) is 1. The summed E-state index contributed by atoms with van der Waals surface area (Å²) in [7, 11) is 0. The Labute approximate surface area is 235 Å². The number of hydroxylamine groups is 2. The van der Waals surface area contributed by atoms with Gasteiger partial charge in [0.2, 0.25) is 0 Å². The summed E-state index contributed by atoms with van der Waals surface area (Å²) in [4.78, 5) is 59.4. The summed E-state index contributed by atoms with van der Waals surface area (Å²) < 4.78 is 5.87. The van der Waals surface area contributed by atoms with E-state index in [0.29, 0.717) is 5.06 Å². The Bertz CT molecular complexity index is 1670. The molecule has 8 nitrogen and oxygen atoms in total. The van der Waals surface area contributed by atoms with Gasteiger partial charge in [-0.1, -0.05) is 90.0 Å². The second-order valence-electron chi connectivity index (χ2n) is 10.3. The highest BCUT2D eigenvalue weighted by Gasteiger charge is 2.43. The number of nitrogens with zero attached hydrogens (tertiary/aromatic N) is 2. The molecule has 1 atom stereocenters. The Kier molecular flexibility index (Phi) is 5.89. The molecule has 8 heteroatoms. The van der Waals surface area contributed by atoms with Gasteiger partial charge in [0.15, 0.2) is 0 Å². The Hall–Kier alpha value is -5.24. The van der Waals surface area contributed by atoms with Crippen LogP contribution in [0, 0.1) is 0 Å². The first-order chi connectivity index (χ1) is 20.0. The van der Waals surface area contributed by atoms with Gasteiger partial charge in [-0.3, -0.25) is 14.5 Å². The summed E-state index contributed by atoms with van der Waals surface area (Å²) in [6.07, 6.45) is -0.520. The van der Waals surface area contributed by atoms with Crippen molar-refractivity contribution in [1.29, 1.82) is 0 Å². The highest BCUT2D eigenvalue weighted by molar-refractivity contribution is 6.21. The van der Waals surface area contributed by atoms with Crippen molar-refractivity contribution in [3.63, 3.8) is 0 Å². The SMILES string of the molecule is O=C(ON1C(=O)c2ccccc2C1=O)[C@@H]1Cc2ccccc2CN1C(=O)OCC1c2ccccc2-c2ccccc21. The van der Waals surface area contributed by atoms with Gasteiger partial charge in [-0.15, -0.1) is 0 Å². The van der Waals surface area contributed by atoms with Crippen molar-refractivity contribution >= 4 is 23.9 Å².